The minimum Gasteiger partial charge on any atom is -0.508 e. The van der Waals surface area contributed by atoms with Gasteiger partial charge in [-0.3, -0.25) is 19.2 Å². The average molecular weight is 510 g/mol. The lowest BCUT2D eigenvalue weighted by Gasteiger charge is -2.26. The molecular formula is C23H35N5O8. The number of nitrogens with two attached hydrogens (primary N) is 2. The van der Waals surface area contributed by atoms with Gasteiger partial charge in [-0.1, -0.05) is 26.0 Å². The van der Waals surface area contributed by atoms with Gasteiger partial charge in [0.1, 0.15) is 23.9 Å². The molecule has 0 bridgehead atoms. The van der Waals surface area contributed by atoms with Gasteiger partial charge in [-0.15, -0.1) is 0 Å². The highest BCUT2D eigenvalue weighted by Gasteiger charge is 2.33. The Morgan fingerprint density at radius 3 is 1.92 bits per heavy atom. The fourth-order valence-electron chi connectivity index (χ4n) is 3.29. The third-order valence-electron chi connectivity index (χ3n) is 5.15. The summed E-state index contributed by atoms with van der Waals surface area (Å²) < 4.78 is 0. The van der Waals surface area contributed by atoms with Crippen LogP contribution in [0.15, 0.2) is 24.3 Å². The molecule has 4 amide bonds. The van der Waals surface area contributed by atoms with Gasteiger partial charge in [0.15, 0.2) is 0 Å². The highest BCUT2D eigenvalue weighted by Crippen LogP contribution is 2.12. The molecule has 1 aromatic carbocycles. The van der Waals surface area contributed by atoms with Crippen LogP contribution in [0.1, 0.15) is 39.2 Å². The number of phenolic OH excluding ortho intramolecular Hbond substituents is 1. The number of carboxylic acid groups (broad SMARTS) is 1. The van der Waals surface area contributed by atoms with E-state index in [4.69, 9.17) is 11.5 Å². The van der Waals surface area contributed by atoms with Gasteiger partial charge in [-0.2, -0.15) is 0 Å². The van der Waals surface area contributed by atoms with Crippen molar-refractivity contribution in [2.24, 2.45) is 17.4 Å². The van der Waals surface area contributed by atoms with E-state index in [1.165, 1.54) is 31.2 Å². The van der Waals surface area contributed by atoms with Gasteiger partial charge in [-0.05, 0) is 37.0 Å². The number of primary amides is 1. The van der Waals surface area contributed by atoms with E-state index in [0.717, 1.165) is 0 Å². The van der Waals surface area contributed by atoms with Gasteiger partial charge in [0.2, 0.25) is 23.6 Å². The zero-order chi connectivity index (χ0) is 27.6. The van der Waals surface area contributed by atoms with E-state index in [1.54, 1.807) is 0 Å². The van der Waals surface area contributed by atoms with E-state index < -0.39 is 66.3 Å². The molecule has 0 aliphatic heterocycles. The maximum absolute atomic E-state index is 12.8. The lowest BCUT2D eigenvalue weighted by Crippen LogP contribution is -2.60. The van der Waals surface area contributed by atoms with Crippen molar-refractivity contribution in [3.8, 4) is 5.75 Å². The number of nitrogens with one attached hydrogen (secondary N) is 3. The number of hydrogen-bond donors (Lipinski definition) is 8. The van der Waals surface area contributed by atoms with Crippen LogP contribution in [-0.2, 0) is 30.4 Å². The SMILES string of the molecule is CC(C)CC(N)C(=O)NC(CC(N)=O)C(=O)NC(C(=O)NC(Cc1ccc(O)cc1)C(=O)O)C(C)O. The number of rotatable bonds is 14. The Hall–Kier alpha value is -3.71. The van der Waals surface area contributed by atoms with Crippen molar-refractivity contribution in [2.75, 3.05) is 0 Å². The highest BCUT2D eigenvalue weighted by molar-refractivity contribution is 5.96. The monoisotopic (exact) mass is 509 g/mol. The average Bonchev–Trinajstić information content (AvgIpc) is 2.76. The minimum atomic E-state index is -1.62. The maximum atomic E-state index is 12.8. The van der Waals surface area contributed by atoms with Crippen LogP contribution in [0.2, 0.25) is 0 Å². The van der Waals surface area contributed by atoms with E-state index >= 15 is 0 Å². The first-order valence-electron chi connectivity index (χ1n) is 11.3. The van der Waals surface area contributed by atoms with Crippen LogP contribution in [-0.4, -0.2) is 75.2 Å². The first kappa shape index (κ1) is 30.3. The van der Waals surface area contributed by atoms with E-state index in [1.807, 2.05) is 13.8 Å². The van der Waals surface area contributed by atoms with E-state index in [-0.39, 0.29) is 18.1 Å². The molecule has 5 unspecified atom stereocenters. The second-order valence-corrected chi connectivity index (χ2v) is 8.96. The Kier molecular flexibility index (Phi) is 11.8. The second kappa shape index (κ2) is 14.0. The number of carbonyl (C=O) groups excluding carboxylic acids is 4. The molecule has 0 aliphatic carbocycles. The molecule has 0 saturated heterocycles. The zero-order valence-electron chi connectivity index (χ0n) is 20.4. The number of aromatic hydroxyl groups is 1. The Morgan fingerprint density at radius 1 is 0.889 bits per heavy atom. The molecule has 200 valence electrons. The van der Waals surface area contributed by atoms with Crippen molar-refractivity contribution in [3.05, 3.63) is 29.8 Å². The Labute approximate surface area is 208 Å². The quantitative estimate of drug-likeness (QED) is 0.140. The fourth-order valence-corrected chi connectivity index (χ4v) is 3.29. The number of aliphatic hydroxyl groups excluding tert-OH is 1. The van der Waals surface area contributed by atoms with Crippen LogP contribution >= 0.6 is 0 Å². The van der Waals surface area contributed by atoms with Crippen molar-refractivity contribution in [3.63, 3.8) is 0 Å². The van der Waals surface area contributed by atoms with E-state index in [0.29, 0.717) is 12.0 Å². The van der Waals surface area contributed by atoms with Crippen LogP contribution in [0.3, 0.4) is 0 Å². The molecule has 5 atom stereocenters. The lowest BCUT2D eigenvalue weighted by atomic mass is 10.0. The zero-order valence-corrected chi connectivity index (χ0v) is 20.4. The number of benzene rings is 1. The predicted molar refractivity (Wildman–Crippen MR) is 128 cm³/mol. The van der Waals surface area contributed by atoms with Crippen LogP contribution < -0.4 is 27.4 Å². The van der Waals surface area contributed by atoms with Gasteiger partial charge in [0.25, 0.3) is 0 Å². The van der Waals surface area contributed by atoms with Crippen molar-refractivity contribution in [1.29, 1.82) is 0 Å². The summed E-state index contributed by atoms with van der Waals surface area (Å²) in [5, 5.41) is 35.8. The Bertz CT molecular complexity index is 935. The third-order valence-corrected chi connectivity index (χ3v) is 5.15. The largest absolute Gasteiger partial charge is 0.508 e. The number of aliphatic hydroxyl groups is 1. The summed E-state index contributed by atoms with van der Waals surface area (Å²) in [6.07, 6.45) is -1.90. The number of hydrogen-bond acceptors (Lipinski definition) is 8. The minimum absolute atomic E-state index is 0.0192. The molecule has 10 N–H and O–H groups in total. The first-order valence-corrected chi connectivity index (χ1v) is 11.3. The third kappa shape index (κ3) is 10.3. The van der Waals surface area contributed by atoms with Crippen LogP contribution in [0.4, 0.5) is 0 Å². The molecule has 0 radical (unpaired) electrons. The summed E-state index contributed by atoms with van der Waals surface area (Å²) >= 11 is 0. The molecule has 0 aliphatic rings. The molecule has 36 heavy (non-hydrogen) atoms. The van der Waals surface area contributed by atoms with E-state index in [9.17, 15) is 39.3 Å². The lowest BCUT2D eigenvalue weighted by molar-refractivity contribution is -0.143. The van der Waals surface area contributed by atoms with Gasteiger partial charge in [0.05, 0.1) is 18.6 Å². The molecule has 13 heteroatoms. The molecule has 0 spiro atoms. The normalized spacial score (nSPS) is 15.2. The topological polar surface area (TPSA) is 234 Å². The second-order valence-electron chi connectivity index (χ2n) is 8.96. The summed E-state index contributed by atoms with van der Waals surface area (Å²) in [5.74, 6) is -4.93. The molecule has 0 saturated carbocycles. The van der Waals surface area contributed by atoms with E-state index in [2.05, 4.69) is 16.0 Å². The number of phenols is 1. The number of amides is 4. The molecule has 0 aromatic heterocycles. The van der Waals surface area contributed by atoms with Crippen LogP contribution in [0.25, 0.3) is 0 Å². The van der Waals surface area contributed by atoms with Gasteiger partial charge in [-0.25, -0.2) is 4.79 Å². The van der Waals surface area contributed by atoms with Crippen molar-refractivity contribution in [2.45, 2.75) is 70.3 Å². The van der Waals surface area contributed by atoms with Crippen molar-refractivity contribution >= 4 is 29.6 Å². The van der Waals surface area contributed by atoms with Crippen molar-refractivity contribution in [1.82, 2.24) is 16.0 Å². The summed E-state index contributed by atoms with van der Waals surface area (Å²) in [4.78, 5) is 61.1. The standard InChI is InChI=1S/C23H35N5O8/c1-11(2)8-15(24)20(32)26-16(10-18(25)31)21(33)28-19(12(3)29)22(34)27-17(23(35)36)9-13-4-6-14(30)7-5-13/h4-7,11-12,15-17,19,29-30H,8-10,24H2,1-3H3,(H2,25,31)(H,26,32)(H,27,34)(H,28,33)(H,35,36). The molecule has 1 rings (SSSR count). The smallest absolute Gasteiger partial charge is 0.326 e. The van der Waals surface area contributed by atoms with Gasteiger partial charge in [0, 0.05) is 6.42 Å². The van der Waals surface area contributed by atoms with Crippen LogP contribution in [0, 0.1) is 5.92 Å². The molecule has 1 aromatic rings. The summed E-state index contributed by atoms with van der Waals surface area (Å²) in [5.41, 5.74) is 11.5. The summed E-state index contributed by atoms with van der Waals surface area (Å²) in [7, 11) is 0. The number of carbonyl (C=O) groups is 5. The molecule has 0 fully saturated rings. The van der Waals surface area contributed by atoms with Gasteiger partial charge >= 0.3 is 5.97 Å². The molecular weight excluding hydrogens is 474 g/mol. The summed E-state index contributed by atoms with van der Waals surface area (Å²) in [6.45, 7) is 4.89. The Balaban J connectivity index is 2.97. The number of aliphatic carboxylic acids is 1. The number of carboxylic acids is 1. The molecule has 13 nitrogen and oxygen atoms in total. The predicted octanol–water partition coefficient (Wildman–Crippen LogP) is -1.90. The van der Waals surface area contributed by atoms with Gasteiger partial charge < -0.3 is 42.7 Å². The molecule has 0 heterocycles. The first-order chi connectivity index (χ1) is 16.7. The van der Waals surface area contributed by atoms with Crippen LogP contribution in [0.5, 0.6) is 5.75 Å². The van der Waals surface area contributed by atoms with Crippen molar-refractivity contribution < 1.29 is 39.3 Å². The Morgan fingerprint density at radius 2 is 1.44 bits per heavy atom. The fraction of sp³-hybridized carbons (Fsp3) is 0.522. The maximum Gasteiger partial charge on any atom is 0.326 e. The summed E-state index contributed by atoms with van der Waals surface area (Å²) in [6, 6.07) is 0.198. The highest BCUT2D eigenvalue weighted by atomic mass is 16.4.